The van der Waals surface area contributed by atoms with Gasteiger partial charge in [0.15, 0.2) is 11.5 Å². The number of hydrazone groups is 1. The summed E-state index contributed by atoms with van der Waals surface area (Å²) >= 11 is 3.38. The Labute approximate surface area is 218 Å². The van der Waals surface area contributed by atoms with Crippen LogP contribution in [0.5, 0.6) is 17.2 Å². The number of ether oxygens (including phenoxy) is 3. The number of carbonyl (C=O) groups excluding carboxylic acids is 1. The molecule has 36 heavy (non-hydrogen) atoms. The van der Waals surface area contributed by atoms with Gasteiger partial charge in [-0.1, -0.05) is 46.3 Å². The van der Waals surface area contributed by atoms with Crippen LogP contribution in [0.4, 0.5) is 0 Å². The van der Waals surface area contributed by atoms with E-state index in [-0.39, 0.29) is 17.2 Å². The van der Waals surface area contributed by atoms with Crippen LogP contribution in [0.3, 0.4) is 0 Å². The second kappa shape index (κ2) is 12.5. The molecule has 0 radical (unpaired) electrons. The maximum atomic E-state index is 13.5. The molecule has 0 aliphatic heterocycles. The molecule has 0 spiro atoms. The third-order valence-corrected chi connectivity index (χ3v) is 7.38. The normalized spacial score (nSPS) is 11.5. The van der Waals surface area contributed by atoms with Crippen LogP contribution >= 0.6 is 15.9 Å². The summed E-state index contributed by atoms with van der Waals surface area (Å²) in [5, 5.41) is 3.97. The van der Waals surface area contributed by atoms with Gasteiger partial charge in [-0.2, -0.15) is 9.41 Å². The van der Waals surface area contributed by atoms with E-state index >= 15 is 0 Å². The van der Waals surface area contributed by atoms with Gasteiger partial charge in [0.05, 0.1) is 39.0 Å². The van der Waals surface area contributed by atoms with Crippen molar-refractivity contribution in [1.82, 2.24) is 9.73 Å². The third-order valence-electron chi connectivity index (χ3n) is 5.10. The predicted molar refractivity (Wildman–Crippen MR) is 140 cm³/mol. The number of rotatable bonds is 11. The third kappa shape index (κ3) is 6.84. The Morgan fingerprint density at radius 1 is 0.944 bits per heavy atom. The van der Waals surface area contributed by atoms with E-state index in [0.717, 1.165) is 14.3 Å². The van der Waals surface area contributed by atoms with Gasteiger partial charge in [0, 0.05) is 22.6 Å². The Balaban J connectivity index is 1.85. The minimum atomic E-state index is -4.09. The first-order valence-electron chi connectivity index (χ1n) is 10.7. The lowest BCUT2D eigenvalue weighted by Crippen LogP contribution is -2.39. The first kappa shape index (κ1) is 27.2. The van der Waals surface area contributed by atoms with Crippen molar-refractivity contribution in [3.05, 3.63) is 82.3 Å². The summed E-state index contributed by atoms with van der Waals surface area (Å²) in [6.45, 7) is -0.480. The molecule has 190 valence electrons. The second-order valence-corrected chi connectivity index (χ2v) is 10.3. The first-order chi connectivity index (χ1) is 17.3. The summed E-state index contributed by atoms with van der Waals surface area (Å²) in [6, 6.07) is 18.6. The number of hydrogen-bond acceptors (Lipinski definition) is 7. The van der Waals surface area contributed by atoms with E-state index in [1.54, 1.807) is 36.4 Å². The van der Waals surface area contributed by atoms with Crippen molar-refractivity contribution in [2.75, 3.05) is 27.9 Å². The van der Waals surface area contributed by atoms with Crippen LogP contribution in [0.15, 0.2) is 81.2 Å². The zero-order valence-corrected chi connectivity index (χ0v) is 22.4. The van der Waals surface area contributed by atoms with Gasteiger partial charge in [-0.3, -0.25) is 4.79 Å². The van der Waals surface area contributed by atoms with E-state index in [1.807, 2.05) is 12.1 Å². The lowest BCUT2D eigenvalue weighted by Gasteiger charge is -2.22. The Bertz CT molecular complexity index is 1330. The molecule has 9 nitrogen and oxygen atoms in total. The highest BCUT2D eigenvalue weighted by molar-refractivity contribution is 9.10. The minimum absolute atomic E-state index is 0.0197. The Morgan fingerprint density at radius 2 is 1.61 bits per heavy atom. The number of methoxy groups -OCH3 is 3. The fraction of sp³-hybridized carbons (Fsp3) is 0.200. The Hall–Kier alpha value is -3.41. The van der Waals surface area contributed by atoms with Gasteiger partial charge in [0.25, 0.3) is 5.91 Å². The molecule has 0 saturated carbocycles. The molecule has 3 rings (SSSR count). The van der Waals surface area contributed by atoms with Crippen LogP contribution < -0.4 is 19.6 Å². The fourth-order valence-electron chi connectivity index (χ4n) is 3.31. The lowest BCUT2D eigenvalue weighted by molar-refractivity contribution is -0.121. The van der Waals surface area contributed by atoms with E-state index < -0.39 is 22.5 Å². The van der Waals surface area contributed by atoms with Crippen molar-refractivity contribution in [1.29, 1.82) is 0 Å². The van der Waals surface area contributed by atoms with E-state index in [1.165, 1.54) is 45.7 Å². The minimum Gasteiger partial charge on any atom is -0.496 e. The van der Waals surface area contributed by atoms with Gasteiger partial charge in [0.2, 0.25) is 10.0 Å². The molecule has 0 bridgehead atoms. The van der Waals surface area contributed by atoms with Gasteiger partial charge in [-0.05, 0) is 35.9 Å². The summed E-state index contributed by atoms with van der Waals surface area (Å²) in [6.07, 6.45) is 1.42. The summed E-state index contributed by atoms with van der Waals surface area (Å²) < 4.78 is 44.7. The number of amides is 1. The molecule has 3 aromatic carbocycles. The SMILES string of the molecule is COc1ccc(Br)cc1/C=N\NC(=O)CN(Cc1ccccc1)S(=O)(=O)c1ccc(OC)c(OC)c1. The van der Waals surface area contributed by atoms with Gasteiger partial charge in [-0.25, -0.2) is 13.8 Å². The van der Waals surface area contributed by atoms with Crippen LogP contribution in [0.25, 0.3) is 0 Å². The van der Waals surface area contributed by atoms with Gasteiger partial charge in [-0.15, -0.1) is 0 Å². The lowest BCUT2D eigenvalue weighted by atomic mass is 10.2. The molecule has 11 heteroatoms. The number of sulfonamides is 1. The molecular formula is C25H26BrN3O6S. The summed E-state index contributed by atoms with van der Waals surface area (Å²) in [5.41, 5.74) is 3.74. The van der Waals surface area contributed by atoms with Crippen LogP contribution in [0.1, 0.15) is 11.1 Å². The summed E-state index contributed by atoms with van der Waals surface area (Å²) in [5.74, 6) is 0.606. The van der Waals surface area contributed by atoms with E-state index in [9.17, 15) is 13.2 Å². The molecule has 3 aromatic rings. The molecule has 0 aromatic heterocycles. The highest BCUT2D eigenvalue weighted by Crippen LogP contribution is 2.31. The quantitative estimate of drug-likeness (QED) is 0.275. The highest BCUT2D eigenvalue weighted by atomic mass is 79.9. The van der Waals surface area contributed by atoms with Crippen molar-refractivity contribution >= 4 is 38.1 Å². The number of halogens is 1. The second-order valence-electron chi connectivity index (χ2n) is 7.45. The summed E-state index contributed by atoms with van der Waals surface area (Å²) in [7, 11) is 0.320. The Kier molecular flexibility index (Phi) is 9.45. The molecule has 0 unspecified atom stereocenters. The average molecular weight is 576 g/mol. The molecule has 1 amide bonds. The molecule has 0 atom stereocenters. The van der Waals surface area contributed by atoms with Crippen molar-refractivity contribution in [3.8, 4) is 17.2 Å². The smallest absolute Gasteiger partial charge is 0.255 e. The first-order valence-corrected chi connectivity index (χ1v) is 12.9. The van der Waals surface area contributed by atoms with Gasteiger partial charge in [0.1, 0.15) is 5.75 Å². The number of nitrogens with one attached hydrogen (secondary N) is 1. The number of carbonyl (C=O) groups is 1. The number of nitrogens with zero attached hydrogens (tertiary/aromatic N) is 2. The van der Waals surface area contributed by atoms with Crippen LogP contribution in [0.2, 0.25) is 0 Å². The van der Waals surface area contributed by atoms with Crippen molar-refractivity contribution < 1.29 is 27.4 Å². The van der Waals surface area contributed by atoms with E-state index in [4.69, 9.17) is 14.2 Å². The van der Waals surface area contributed by atoms with Crippen LogP contribution in [-0.4, -0.2) is 52.7 Å². The topological polar surface area (TPSA) is 107 Å². The maximum absolute atomic E-state index is 13.5. The molecule has 0 saturated heterocycles. The summed E-state index contributed by atoms with van der Waals surface area (Å²) in [4.78, 5) is 12.7. The zero-order chi connectivity index (χ0) is 26.1. The predicted octanol–water partition coefficient (Wildman–Crippen LogP) is 3.82. The van der Waals surface area contributed by atoms with Gasteiger partial charge >= 0.3 is 0 Å². The molecule has 0 fully saturated rings. The monoisotopic (exact) mass is 575 g/mol. The average Bonchev–Trinajstić information content (AvgIpc) is 2.88. The van der Waals surface area contributed by atoms with Gasteiger partial charge < -0.3 is 14.2 Å². The molecular weight excluding hydrogens is 550 g/mol. The van der Waals surface area contributed by atoms with E-state index in [2.05, 4.69) is 26.5 Å². The van der Waals surface area contributed by atoms with Crippen LogP contribution in [0, 0.1) is 0 Å². The highest BCUT2D eigenvalue weighted by Gasteiger charge is 2.28. The molecule has 0 aliphatic carbocycles. The molecule has 1 N–H and O–H groups in total. The zero-order valence-electron chi connectivity index (χ0n) is 20.0. The van der Waals surface area contributed by atoms with Crippen molar-refractivity contribution in [3.63, 3.8) is 0 Å². The molecule has 0 aliphatic rings. The maximum Gasteiger partial charge on any atom is 0.255 e. The number of hydrogen-bond donors (Lipinski definition) is 1. The number of benzene rings is 3. The van der Waals surface area contributed by atoms with Crippen molar-refractivity contribution in [2.24, 2.45) is 5.10 Å². The standard InChI is InChI=1S/C25H26BrN3O6S/c1-33-22-11-9-20(26)13-19(22)15-27-28-25(30)17-29(16-18-7-5-4-6-8-18)36(31,32)21-10-12-23(34-2)24(14-21)35-3/h4-15H,16-17H2,1-3H3,(H,28,30)/b27-15-. The van der Waals surface area contributed by atoms with Crippen LogP contribution in [-0.2, 0) is 21.4 Å². The largest absolute Gasteiger partial charge is 0.496 e. The molecule has 0 heterocycles. The Morgan fingerprint density at radius 3 is 2.28 bits per heavy atom. The fourth-order valence-corrected chi connectivity index (χ4v) is 5.09. The van der Waals surface area contributed by atoms with Crippen molar-refractivity contribution in [2.45, 2.75) is 11.4 Å². The van der Waals surface area contributed by atoms with E-state index in [0.29, 0.717) is 17.1 Å².